The van der Waals surface area contributed by atoms with Gasteiger partial charge in [-0.2, -0.15) is 0 Å². The molecule has 2 rings (SSSR count). The molecule has 5 nitrogen and oxygen atoms in total. The molecule has 0 aliphatic carbocycles. The quantitative estimate of drug-likeness (QED) is 0.858. The SMILES string of the molecule is O=C1CC(NS(=O)(=O)c2sccc2Br)CN1. The molecule has 1 fully saturated rings. The molecule has 1 aliphatic rings. The van der Waals surface area contributed by atoms with Crippen molar-refractivity contribution in [3.05, 3.63) is 15.9 Å². The molecule has 8 heteroatoms. The molecule has 0 aromatic carbocycles. The van der Waals surface area contributed by atoms with Crippen molar-refractivity contribution in [3.63, 3.8) is 0 Å². The highest BCUT2D eigenvalue weighted by atomic mass is 79.9. The third-order valence-corrected chi connectivity index (χ3v) is 6.32. The summed E-state index contributed by atoms with van der Waals surface area (Å²) in [6, 6.07) is 1.32. The van der Waals surface area contributed by atoms with Gasteiger partial charge in [-0.05, 0) is 27.4 Å². The van der Waals surface area contributed by atoms with Crippen molar-refractivity contribution in [3.8, 4) is 0 Å². The smallest absolute Gasteiger partial charge is 0.251 e. The van der Waals surface area contributed by atoms with Crippen LogP contribution >= 0.6 is 27.3 Å². The first-order chi connectivity index (χ1) is 7.49. The lowest BCUT2D eigenvalue weighted by Gasteiger charge is -2.09. The van der Waals surface area contributed by atoms with E-state index in [1.165, 1.54) is 0 Å². The Bertz CT molecular complexity index is 511. The van der Waals surface area contributed by atoms with E-state index in [0.717, 1.165) is 11.3 Å². The highest BCUT2D eigenvalue weighted by Gasteiger charge is 2.28. The molecule has 0 spiro atoms. The summed E-state index contributed by atoms with van der Waals surface area (Å²) in [6.45, 7) is 0.348. The number of thiophene rings is 1. The molecular weight excluding hydrogens is 316 g/mol. The fourth-order valence-electron chi connectivity index (χ4n) is 1.43. The van der Waals surface area contributed by atoms with Gasteiger partial charge in [0.1, 0.15) is 4.21 Å². The Morgan fingerprint density at radius 3 is 2.81 bits per heavy atom. The van der Waals surface area contributed by atoms with Crippen molar-refractivity contribution in [2.24, 2.45) is 0 Å². The number of sulfonamides is 1. The van der Waals surface area contributed by atoms with Gasteiger partial charge in [0, 0.05) is 23.5 Å². The van der Waals surface area contributed by atoms with Crippen LogP contribution in [0.3, 0.4) is 0 Å². The molecule has 88 valence electrons. The maximum absolute atomic E-state index is 11.9. The molecule has 2 heterocycles. The van der Waals surface area contributed by atoms with E-state index in [1.807, 2.05) is 0 Å². The third kappa shape index (κ3) is 2.45. The number of hydrogen-bond acceptors (Lipinski definition) is 4. The molecule has 16 heavy (non-hydrogen) atoms. The van der Waals surface area contributed by atoms with Gasteiger partial charge in [0.05, 0.1) is 0 Å². The molecule has 1 aromatic rings. The number of amides is 1. The summed E-state index contributed by atoms with van der Waals surface area (Å²) in [5.74, 6) is -0.127. The highest BCUT2D eigenvalue weighted by Crippen LogP contribution is 2.27. The minimum Gasteiger partial charge on any atom is -0.354 e. The van der Waals surface area contributed by atoms with Crippen LogP contribution in [0.4, 0.5) is 0 Å². The molecule has 1 aliphatic heterocycles. The van der Waals surface area contributed by atoms with E-state index < -0.39 is 10.0 Å². The van der Waals surface area contributed by atoms with Crippen molar-refractivity contribution in [1.29, 1.82) is 0 Å². The number of nitrogens with one attached hydrogen (secondary N) is 2. The molecule has 0 bridgehead atoms. The zero-order valence-electron chi connectivity index (χ0n) is 8.07. The molecule has 2 N–H and O–H groups in total. The third-order valence-electron chi connectivity index (χ3n) is 2.13. The molecule has 1 unspecified atom stereocenters. The summed E-state index contributed by atoms with van der Waals surface area (Å²) in [6.07, 6.45) is 0.197. The maximum Gasteiger partial charge on any atom is 0.251 e. The van der Waals surface area contributed by atoms with Gasteiger partial charge in [0.2, 0.25) is 5.91 Å². The standard InChI is InChI=1S/C8H9BrN2O3S2/c9-6-1-2-15-8(6)16(13,14)11-5-3-7(12)10-4-5/h1-2,5,11H,3-4H2,(H,10,12). The Balaban J connectivity index is 2.15. The highest BCUT2D eigenvalue weighted by molar-refractivity contribution is 9.10. The molecule has 1 saturated heterocycles. The second kappa shape index (κ2) is 4.44. The first-order valence-electron chi connectivity index (χ1n) is 4.51. The van der Waals surface area contributed by atoms with Crippen molar-refractivity contribution in [2.45, 2.75) is 16.7 Å². The van der Waals surface area contributed by atoms with Gasteiger partial charge in [0.25, 0.3) is 10.0 Å². The first-order valence-corrected chi connectivity index (χ1v) is 7.66. The van der Waals surface area contributed by atoms with E-state index in [0.29, 0.717) is 11.0 Å². The minimum atomic E-state index is -3.53. The van der Waals surface area contributed by atoms with Crippen molar-refractivity contribution < 1.29 is 13.2 Å². The van der Waals surface area contributed by atoms with Crippen LogP contribution in [0.1, 0.15) is 6.42 Å². The molecule has 0 saturated carbocycles. The van der Waals surface area contributed by atoms with Gasteiger partial charge in [-0.15, -0.1) is 11.3 Å². The summed E-state index contributed by atoms with van der Waals surface area (Å²) >= 11 is 4.31. The summed E-state index contributed by atoms with van der Waals surface area (Å²) in [7, 11) is -3.53. The predicted molar refractivity (Wildman–Crippen MR) is 63.8 cm³/mol. The predicted octanol–water partition coefficient (Wildman–Crippen LogP) is 0.677. The second-order valence-electron chi connectivity index (χ2n) is 3.38. The van der Waals surface area contributed by atoms with Crippen molar-refractivity contribution >= 4 is 43.2 Å². The summed E-state index contributed by atoms with van der Waals surface area (Å²) in [5.41, 5.74) is 0. The summed E-state index contributed by atoms with van der Waals surface area (Å²) < 4.78 is 27.1. The topological polar surface area (TPSA) is 75.3 Å². The van der Waals surface area contributed by atoms with Gasteiger partial charge in [-0.3, -0.25) is 4.79 Å². The van der Waals surface area contributed by atoms with Crippen LogP contribution in [0, 0.1) is 0 Å². The van der Waals surface area contributed by atoms with E-state index in [-0.39, 0.29) is 22.6 Å². The van der Waals surface area contributed by atoms with E-state index in [2.05, 4.69) is 26.0 Å². The lowest BCUT2D eigenvalue weighted by atomic mass is 10.3. The second-order valence-corrected chi connectivity index (χ2v) is 7.06. The fraction of sp³-hybridized carbons (Fsp3) is 0.375. The van der Waals surface area contributed by atoms with Gasteiger partial charge in [0.15, 0.2) is 0 Å². The Kier molecular flexibility index (Phi) is 3.34. The molecule has 1 atom stereocenters. The number of rotatable bonds is 3. The summed E-state index contributed by atoms with van der Waals surface area (Å²) in [5, 5.41) is 4.27. The fourth-order valence-corrected chi connectivity index (χ4v) is 5.02. The van der Waals surface area contributed by atoms with Crippen molar-refractivity contribution in [1.82, 2.24) is 10.0 Å². The van der Waals surface area contributed by atoms with Gasteiger partial charge in [-0.1, -0.05) is 0 Å². The van der Waals surface area contributed by atoms with Crippen LogP contribution in [-0.2, 0) is 14.8 Å². The first kappa shape index (κ1) is 12.0. The Labute approximate surface area is 105 Å². The van der Waals surface area contributed by atoms with Crippen LogP contribution in [0.2, 0.25) is 0 Å². The number of hydrogen-bond donors (Lipinski definition) is 2. The Hall–Kier alpha value is -0.440. The molecule has 1 amide bonds. The normalized spacial score (nSPS) is 21.1. The zero-order chi connectivity index (χ0) is 11.8. The average Bonchev–Trinajstić information content (AvgIpc) is 2.74. The van der Waals surface area contributed by atoms with Crippen LogP contribution in [-0.4, -0.2) is 26.9 Å². The number of halogens is 1. The largest absolute Gasteiger partial charge is 0.354 e. The lowest BCUT2D eigenvalue weighted by Crippen LogP contribution is -2.35. The molecule has 0 radical (unpaired) electrons. The maximum atomic E-state index is 11.9. The number of carbonyl (C=O) groups is 1. The van der Waals surface area contributed by atoms with E-state index in [4.69, 9.17) is 0 Å². The van der Waals surface area contributed by atoms with E-state index in [1.54, 1.807) is 11.4 Å². The summed E-state index contributed by atoms with van der Waals surface area (Å²) in [4.78, 5) is 10.9. The van der Waals surface area contributed by atoms with Crippen LogP contribution in [0.5, 0.6) is 0 Å². The molecule has 1 aromatic heterocycles. The number of carbonyl (C=O) groups excluding carboxylic acids is 1. The average molecular weight is 325 g/mol. The van der Waals surface area contributed by atoms with E-state index >= 15 is 0 Å². The monoisotopic (exact) mass is 324 g/mol. The van der Waals surface area contributed by atoms with Crippen LogP contribution < -0.4 is 10.0 Å². The van der Waals surface area contributed by atoms with Gasteiger partial charge >= 0.3 is 0 Å². The Morgan fingerprint density at radius 1 is 1.56 bits per heavy atom. The molecular formula is C8H9BrN2O3S2. The lowest BCUT2D eigenvalue weighted by molar-refractivity contribution is -0.119. The minimum absolute atomic E-state index is 0.127. The van der Waals surface area contributed by atoms with Crippen molar-refractivity contribution in [2.75, 3.05) is 6.54 Å². The van der Waals surface area contributed by atoms with Crippen LogP contribution in [0.15, 0.2) is 20.1 Å². The zero-order valence-corrected chi connectivity index (χ0v) is 11.3. The Morgan fingerprint density at radius 2 is 2.31 bits per heavy atom. The van der Waals surface area contributed by atoms with Gasteiger partial charge in [-0.25, -0.2) is 13.1 Å². The van der Waals surface area contributed by atoms with Gasteiger partial charge < -0.3 is 5.32 Å². The van der Waals surface area contributed by atoms with Crippen LogP contribution in [0.25, 0.3) is 0 Å². The van der Waals surface area contributed by atoms with E-state index in [9.17, 15) is 13.2 Å².